The van der Waals surface area contributed by atoms with Crippen molar-refractivity contribution >= 4 is 0 Å². The third-order valence-corrected chi connectivity index (χ3v) is 4.32. The van der Waals surface area contributed by atoms with Gasteiger partial charge in [-0.3, -0.25) is 4.90 Å². The predicted molar refractivity (Wildman–Crippen MR) is 78.9 cm³/mol. The Hall–Kier alpha value is -0.200. The van der Waals surface area contributed by atoms with E-state index in [1.54, 1.807) is 0 Å². The molecule has 0 aromatic carbocycles. The van der Waals surface area contributed by atoms with Crippen LogP contribution in [0.3, 0.4) is 0 Å². The molecule has 20 heavy (non-hydrogen) atoms. The molecule has 0 amide bonds. The molecule has 2 N–H and O–H groups in total. The number of hydrogen-bond acceptors (Lipinski definition) is 5. The molecule has 2 rings (SSSR count). The molecule has 0 spiro atoms. The molecule has 3 atom stereocenters. The number of nitrogens with one attached hydrogen (secondary N) is 1. The minimum Gasteiger partial charge on any atom is -0.394 e. The lowest BCUT2D eigenvalue weighted by Crippen LogP contribution is -2.55. The Morgan fingerprint density at radius 1 is 1.40 bits per heavy atom. The van der Waals surface area contributed by atoms with E-state index in [0.29, 0.717) is 0 Å². The van der Waals surface area contributed by atoms with Gasteiger partial charge in [0.25, 0.3) is 0 Å². The topological polar surface area (TPSA) is 54.0 Å². The molecule has 0 radical (unpaired) electrons. The van der Waals surface area contributed by atoms with Gasteiger partial charge in [0, 0.05) is 38.2 Å². The highest BCUT2D eigenvalue weighted by Gasteiger charge is 2.36. The van der Waals surface area contributed by atoms with Gasteiger partial charge in [-0.1, -0.05) is 6.92 Å². The molecule has 2 fully saturated rings. The van der Waals surface area contributed by atoms with Crippen LogP contribution in [0.25, 0.3) is 0 Å². The Morgan fingerprint density at radius 3 is 2.90 bits per heavy atom. The quantitative estimate of drug-likeness (QED) is 0.743. The SMILES string of the molecule is CCNCC1(CN2CC(C)OC(CO)C2)CCCOC1. The van der Waals surface area contributed by atoms with Gasteiger partial charge in [0.2, 0.25) is 0 Å². The summed E-state index contributed by atoms with van der Waals surface area (Å²) in [6.45, 7) is 10.9. The second-order valence-electron chi connectivity index (χ2n) is 6.38. The van der Waals surface area contributed by atoms with Crippen LogP contribution >= 0.6 is 0 Å². The molecular formula is C15H30N2O3. The van der Waals surface area contributed by atoms with Crippen molar-refractivity contribution in [2.75, 3.05) is 52.5 Å². The van der Waals surface area contributed by atoms with Gasteiger partial charge in [0.15, 0.2) is 0 Å². The molecule has 0 aliphatic carbocycles. The van der Waals surface area contributed by atoms with E-state index in [0.717, 1.165) is 52.4 Å². The number of nitrogens with zero attached hydrogens (tertiary/aromatic N) is 1. The summed E-state index contributed by atoms with van der Waals surface area (Å²) in [5.74, 6) is 0. The van der Waals surface area contributed by atoms with E-state index in [1.807, 2.05) is 0 Å². The summed E-state index contributed by atoms with van der Waals surface area (Å²) in [5.41, 5.74) is 0.214. The second kappa shape index (κ2) is 7.71. The van der Waals surface area contributed by atoms with Crippen molar-refractivity contribution in [1.29, 1.82) is 0 Å². The lowest BCUT2D eigenvalue weighted by molar-refractivity contribution is -0.112. The Morgan fingerprint density at radius 2 is 2.25 bits per heavy atom. The van der Waals surface area contributed by atoms with E-state index in [2.05, 4.69) is 24.1 Å². The highest BCUT2D eigenvalue weighted by Crippen LogP contribution is 2.30. The minimum absolute atomic E-state index is 0.0422. The predicted octanol–water partition coefficient (Wildman–Crippen LogP) is 0.474. The van der Waals surface area contributed by atoms with Gasteiger partial charge in [-0.15, -0.1) is 0 Å². The van der Waals surface area contributed by atoms with Crippen LogP contribution < -0.4 is 5.32 Å². The lowest BCUT2D eigenvalue weighted by atomic mass is 9.81. The average molecular weight is 286 g/mol. The van der Waals surface area contributed by atoms with Crippen LogP contribution in [0.2, 0.25) is 0 Å². The third-order valence-electron chi connectivity index (χ3n) is 4.32. The first kappa shape index (κ1) is 16.2. The van der Waals surface area contributed by atoms with Gasteiger partial charge in [-0.2, -0.15) is 0 Å². The molecule has 2 heterocycles. The molecular weight excluding hydrogens is 256 g/mol. The van der Waals surface area contributed by atoms with Gasteiger partial charge in [-0.25, -0.2) is 0 Å². The number of ether oxygens (including phenoxy) is 2. The van der Waals surface area contributed by atoms with Crippen molar-refractivity contribution in [2.45, 2.75) is 38.9 Å². The van der Waals surface area contributed by atoms with E-state index in [4.69, 9.17) is 9.47 Å². The Labute approximate surface area is 122 Å². The molecule has 5 heteroatoms. The summed E-state index contributed by atoms with van der Waals surface area (Å²) >= 11 is 0. The van der Waals surface area contributed by atoms with E-state index < -0.39 is 0 Å². The van der Waals surface area contributed by atoms with E-state index >= 15 is 0 Å². The normalized spacial score (nSPS) is 36.1. The Kier molecular flexibility index (Phi) is 6.23. The molecule has 0 aromatic heterocycles. The van der Waals surface area contributed by atoms with Gasteiger partial charge in [-0.05, 0) is 26.3 Å². The van der Waals surface area contributed by atoms with Crippen molar-refractivity contribution in [3.05, 3.63) is 0 Å². The monoisotopic (exact) mass is 286 g/mol. The van der Waals surface area contributed by atoms with Crippen LogP contribution in [-0.2, 0) is 9.47 Å². The van der Waals surface area contributed by atoms with Crippen LogP contribution in [0.5, 0.6) is 0 Å². The fraction of sp³-hybridized carbons (Fsp3) is 1.00. The maximum absolute atomic E-state index is 9.35. The third kappa shape index (κ3) is 4.40. The molecule has 2 aliphatic heterocycles. The molecule has 2 saturated heterocycles. The van der Waals surface area contributed by atoms with E-state index in [9.17, 15) is 5.11 Å². The van der Waals surface area contributed by atoms with E-state index in [1.165, 1.54) is 6.42 Å². The van der Waals surface area contributed by atoms with Gasteiger partial charge < -0.3 is 19.9 Å². The lowest BCUT2D eigenvalue weighted by Gasteiger charge is -2.44. The number of morpholine rings is 1. The molecule has 3 unspecified atom stereocenters. The molecule has 118 valence electrons. The van der Waals surface area contributed by atoms with Gasteiger partial charge >= 0.3 is 0 Å². The zero-order valence-electron chi connectivity index (χ0n) is 12.9. The number of aliphatic hydroxyl groups is 1. The summed E-state index contributed by atoms with van der Waals surface area (Å²) in [6, 6.07) is 0. The maximum atomic E-state index is 9.35. The molecule has 0 bridgehead atoms. The van der Waals surface area contributed by atoms with Crippen molar-refractivity contribution in [1.82, 2.24) is 10.2 Å². The number of hydrogen-bond donors (Lipinski definition) is 2. The highest BCUT2D eigenvalue weighted by atomic mass is 16.5. The molecule has 2 aliphatic rings. The molecule has 0 saturated carbocycles. The van der Waals surface area contributed by atoms with Crippen LogP contribution in [0.1, 0.15) is 26.7 Å². The summed E-state index contributed by atoms with van der Waals surface area (Å²) < 4.78 is 11.5. The minimum atomic E-state index is -0.0422. The first-order chi connectivity index (χ1) is 9.67. The fourth-order valence-electron chi connectivity index (χ4n) is 3.47. The summed E-state index contributed by atoms with van der Waals surface area (Å²) in [6.07, 6.45) is 2.52. The van der Waals surface area contributed by atoms with Crippen LogP contribution in [0.4, 0.5) is 0 Å². The standard InChI is InChI=1S/C15H30N2O3/c1-3-16-10-15(5-4-6-19-12-15)11-17-7-13(2)20-14(8-17)9-18/h13-14,16,18H,3-12H2,1-2H3. The first-order valence-electron chi connectivity index (χ1n) is 7.94. The maximum Gasteiger partial charge on any atom is 0.0936 e. The van der Waals surface area contributed by atoms with Crippen molar-refractivity contribution in [2.24, 2.45) is 5.41 Å². The summed E-state index contributed by atoms with van der Waals surface area (Å²) in [7, 11) is 0. The average Bonchev–Trinajstić information content (AvgIpc) is 2.45. The van der Waals surface area contributed by atoms with Gasteiger partial charge in [0.05, 0.1) is 25.4 Å². The van der Waals surface area contributed by atoms with Crippen LogP contribution in [0.15, 0.2) is 0 Å². The zero-order chi connectivity index (χ0) is 14.4. The summed E-state index contributed by atoms with van der Waals surface area (Å²) in [4.78, 5) is 2.45. The molecule has 5 nitrogen and oxygen atoms in total. The number of rotatable bonds is 6. The first-order valence-corrected chi connectivity index (χ1v) is 7.94. The van der Waals surface area contributed by atoms with Crippen LogP contribution in [0, 0.1) is 5.41 Å². The largest absolute Gasteiger partial charge is 0.394 e. The van der Waals surface area contributed by atoms with Gasteiger partial charge in [0.1, 0.15) is 0 Å². The second-order valence-corrected chi connectivity index (χ2v) is 6.38. The van der Waals surface area contributed by atoms with Crippen molar-refractivity contribution in [3.8, 4) is 0 Å². The highest BCUT2D eigenvalue weighted by molar-refractivity contribution is 4.89. The fourth-order valence-corrected chi connectivity index (χ4v) is 3.47. The van der Waals surface area contributed by atoms with Crippen molar-refractivity contribution in [3.63, 3.8) is 0 Å². The Bertz CT molecular complexity index is 282. The molecule has 0 aromatic rings. The summed E-state index contributed by atoms with van der Waals surface area (Å²) in [5, 5.41) is 12.8. The Balaban J connectivity index is 1.95. The van der Waals surface area contributed by atoms with Crippen molar-refractivity contribution < 1.29 is 14.6 Å². The smallest absolute Gasteiger partial charge is 0.0936 e. The zero-order valence-corrected chi connectivity index (χ0v) is 12.9. The van der Waals surface area contributed by atoms with Crippen LogP contribution in [-0.4, -0.2) is 74.8 Å². The van der Waals surface area contributed by atoms with E-state index in [-0.39, 0.29) is 24.2 Å². The number of aliphatic hydroxyl groups excluding tert-OH is 1.